The van der Waals surface area contributed by atoms with Crippen LogP contribution in [0.15, 0.2) is 36.4 Å². The van der Waals surface area contributed by atoms with Crippen LogP contribution in [0.4, 0.5) is 0 Å². The van der Waals surface area contributed by atoms with Gasteiger partial charge >= 0.3 is 0 Å². The first kappa shape index (κ1) is 20.8. The van der Waals surface area contributed by atoms with E-state index in [0.29, 0.717) is 17.2 Å². The Labute approximate surface area is 162 Å². The summed E-state index contributed by atoms with van der Waals surface area (Å²) < 4.78 is 11.3. The van der Waals surface area contributed by atoms with Gasteiger partial charge < -0.3 is 14.8 Å². The minimum Gasteiger partial charge on any atom is -0.496 e. The quantitative estimate of drug-likeness (QED) is 0.710. The van der Waals surface area contributed by atoms with Gasteiger partial charge in [0.15, 0.2) is 0 Å². The molecule has 0 bridgehead atoms. The predicted molar refractivity (Wildman–Crippen MR) is 110 cm³/mol. The summed E-state index contributed by atoms with van der Waals surface area (Å²) in [5.74, 6) is 1.69. The van der Waals surface area contributed by atoms with Crippen molar-refractivity contribution in [1.82, 2.24) is 5.32 Å². The fourth-order valence-electron chi connectivity index (χ4n) is 3.17. The smallest absolute Gasteiger partial charge is 0.255 e. The number of carbonyl (C=O) groups is 1. The van der Waals surface area contributed by atoms with Crippen molar-refractivity contribution in [1.29, 1.82) is 0 Å². The van der Waals surface area contributed by atoms with Crippen LogP contribution in [0.25, 0.3) is 0 Å². The molecule has 146 valence electrons. The van der Waals surface area contributed by atoms with Crippen molar-refractivity contribution in [3.8, 4) is 11.5 Å². The molecule has 0 radical (unpaired) electrons. The minimum atomic E-state index is -0.139. The number of hydrogen-bond donors (Lipinski definition) is 1. The van der Waals surface area contributed by atoms with Crippen LogP contribution in [0.3, 0.4) is 0 Å². The summed E-state index contributed by atoms with van der Waals surface area (Å²) in [7, 11) is 1.69. The Kier molecular flexibility index (Phi) is 6.89. The Morgan fingerprint density at radius 1 is 0.963 bits per heavy atom. The summed E-state index contributed by atoms with van der Waals surface area (Å²) in [6, 6.07) is 11.4. The molecule has 1 N–H and O–H groups in total. The second-order valence-electron chi connectivity index (χ2n) is 7.46. The highest BCUT2D eigenvalue weighted by Gasteiger charge is 2.19. The monoisotopic (exact) mass is 369 g/mol. The maximum absolute atomic E-state index is 12.9. The van der Waals surface area contributed by atoms with Gasteiger partial charge in [0.05, 0.1) is 24.8 Å². The first-order chi connectivity index (χ1) is 12.7. The van der Waals surface area contributed by atoms with Crippen LogP contribution in [-0.4, -0.2) is 19.1 Å². The highest BCUT2D eigenvalue weighted by atomic mass is 16.5. The third-order valence-corrected chi connectivity index (χ3v) is 4.55. The number of amides is 1. The Balaban J connectivity index is 2.29. The molecule has 0 aromatic heterocycles. The Morgan fingerprint density at radius 2 is 1.63 bits per heavy atom. The maximum Gasteiger partial charge on any atom is 0.255 e. The third-order valence-electron chi connectivity index (χ3n) is 4.55. The average molecular weight is 370 g/mol. The van der Waals surface area contributed by atoms with E-state index < -0.39 is 0 Å². The van der Waals surface area contributed by atoms with Crippen LogP contribution in [0.5, 0.6) is 11.5 Å². The molecule has 0 unspecified atom stereocenters. The summed E-state index contributed by atoms with van der Waals surface area (Å²) >= 11 is 0. The molecule has 1 amide bonds. The Morgan fingerprint density at radius 3 is 2.22 bits per heavy atom. The van der Waals surface area contributed by atoms with E-state index in [2.05, 4.69) is 25.2 Å². The number of benzene rings is 2. The van der Waals surface area contributed by atoms with Gasteiger partial charge in [-0.05, 0) is 74.6 Å². The van der Waals surface area contributed by atoms with Crippen LogP contribution in [0, 0.1) is 6.92 Å². The van der Waals surface area contributed by atoms with Crippen molar-refractivity contribution in [3.63, 3.8) is 0 Å². The Hall–Kier alpha value is -2.49. The molecule has 1 atom stereocenters. The van der Waals surface area contributed by atoms with Crippen molar-refractivity contribution in [3.05, 3.63) is 58.7 Å². The number of carbonyl (C=O) groups excluding carboxylic acids is 1. The fraction of sp³-hybridized carbons (Fsp3) is 0.435. The molecule has 0 heterocycles. The molecule has 2 aromatic carbocycles. The first-order valence-corrected chi connectivity index (χ1v) is 9.49. The van der Waals surface area contributed by atoms with Crippen LogP contribution in [-0.2, 0) is 0 Å². The van der Waals surface area contributed by atoms with Gasteiger partial charge in [0.1, 0.15) is 11.5 Å². The van der Waals surface area contributed by atoms with E-state index >= 15 is 0 Å². The van der Waals surface area contributed by atoms with Gasteiger partial charge in [-0.25, -0.2) is 0 Å². The second kappa shape index (κ2) is 8.94. The zero-order valence-electron chi connectivity index (χ0n) is 17.4. The lowest BCUT2D eigenvalue weighted by molar-refractivity contribution is 0.0934. The van der Waals surface area contributed by atoms with Gasteiger partial charge in [-0.15, -0.1) is 0 Å². The van der Waals surface area contributed by atoms with E-state index in [4.69, 9.17) is 9.47 Å². The molecule has 4 nitrogen and oxygen atoms in total. The summed E-state index contributed by atoms with van der Waals surface area (Å²) in [6.45, 7) is 12.2. The summed E-state index contributed by atoms with van der Waals surface area (Å²) in [6.07, 6.45) is 0.00815. The molecular weight excluding hydrogens is 338 g/mol. The van der Waals surface area contributed by atoms with Gasteiger partial charge in [0, 0.05) is 0 Å². The lowest BCUT2D eigenvalue weighted by atomic mass is 9.93. The highest BCUT2D eigenvalue weighted by Crippen LogP contribution is 2.32. The van der Waals surface area contributed by atoms with Crippen LogP contribution in [0.1, 0.15) is 73.6 Å². The molecule has 0 fully saturated rings. The van der Waals surface area contributed by atoms with Gasteiger partial charge in [0.25, 0.3) is 5.91 Å². The van der Waals surface area contributed by atoms with Crippen molar-refractivity contribution < 1.29 is 14.3 Å². The standard InChI is InChI=1S/C23H31NO3/c1-14(2)19-13-20(16(5)12-22(19)26-7)17(6)24-23(25)18-10-8-9-11-21(18)27-15(3)4/h8-15,17H,1-7H3,(H,24,25)/t17-/m1/s1. The number of aryl methyl sites for hydroxylation is 1. The van der Waals surface area contributed by atoms with Crippen LogP contribution < -0.4 is 14.8 Å². The van der Waals surface area contributed by atoms with Crippen LogP contribution >= 0.6 is 0 Å². The summed E-state index contributed by atoms with van der Waals surface area (Å²) in [5, 5.41) is 3.11. The van der Waals surface area contributed by atoms with Crippen molar-refractivity contribution in [2.75, 3.05) is 7.11 Å². The predicted octanol–water partition coefficient (Wildman–Crippen LogP) is 5.41. The number of hydrogen-bond acceptors (Lipinski definition) is 3. The van der Waals surface area contributed by atoms with E-state index in [-0.39, 0.29) is 18.1 Å². The van der Waals surface area contributed by atoms with Crippen LogP contribution in [0.2, 0.25) is 0 Å². The highest BCUT2D eigenvalue weighted by molar-refractivity contribution is 5.97. The molecule has 0 spiro atoms. The van der Waals surface area contributed by atoms with Crippen molar-refractivity contribution >= 4 is 5.91 Å². The van der Waals surface area contributed by atoms with E-state index in [1.54, 1.807) is 13.2 Å². The molecule has 0 saturated heterocycles. The molecule has 0 saturated carbocycles. The number of ether oxygens (including phenoxy) is 2. The van der Waals surface area contributed by atoms with E-state index in [1.165, 1.54) is 0 Å². The van der Waals surface area contributed by atoms with Gasteiger partial charge in [-0.1, -0.05) is 26.0 Å². The van der Waals surface area contributed by atoms with Gasteiger partial charge in [-0.2, -0.15) is 0 Å². The minimum absolute atomic E-state index is 0.00815. The molecule has 0 aliphatic heterocycles. The SMILES string of the molecule is COc1cc(C)c([C@@H](C)NC(=O)c2ccccc2OC(C)C)cc1C(C)C. The molecule has 2 aromatic rings. The van der Waals surface area contributed by atoms with Gasteiger partial charge in [0.2, 0.25) is 0 Å². The zero-order valence-corrected chi connectivity index (χ0v) is 17.4. The number of nitrogens with one attached hydrogen (secondary N) is 1. The Bertz CT molecular complexity index is 796. The molecule has 0 aliphatic carbocycles. The zero-order chi connectivity index (χ0) is 20.1. The number of methoxy groups -OCH3 is 1. The summed E-state index contributed by atoms with van der Waals surface area (Å²) in [5.41, 5.74) is 3.88. The van der Waals surface area contributed by atoms with E-state index in [1.807, 2.05) is 52.0 Å². The first-order valence-electron chi connectivity index (χ1n) is 9.49. The molecule has 0 aliphatic rings. The van der Waals surface area contributed by atoms with E-state index in [9.17, 15) is 4.79 Å². The lowest BCUT2D eigenvalue weighted by Gasteiger charge is -2.22. The third kappa shape index (κ3) is 5.03. The number of para-hydroxylation sites is 1. The molecule has 2 rings (SSSR count). The maximum atomic E-state index is 12.9. The lowest BCUT2D eigenvalue weighted by Crippen LogP contribution is -2.28. The fourth-order valence-corrected chi connectivity index (χ4v) is 3.17. The molecule has 4 heteroatoms. The topological polar surface area (TPSA) is 47.6 Å². The average Bonchev–Trinajstić information content (AvgIpc) is 2.60. The van der Waals surface area contributed by atoms with Crippen molar-refractivity contribution in [2.45, 2.75) is 59.6 Å². The molecular formula is C23H31NO3. The largest absolute Gasteiger partial charge is 0.496 e. The normalized spacial score (nSPS) is 12.2. The van der Waals surface area contributed by atoms with E-state index in [0.717, 1.165) is 22.4 Å². The number of rotatable bonds is 7. The van der Waals surface area contributed by atoms with Crippen molar-refractivity contribution in [2.24, 2.45) is 0 Å². The van der Waals surface area contributed by atoms with Gasteiger partial charge in [-0.3, -0.25) is 4.79 Å². The second-order valence-corrected chi connectivity index (χ2v) is 7.46. The molecule has 27 heavy (non-hydrogen) atoms. The summed E-state index contributed by atoms with van der Waals surface area (Å²) in [4.78, 5) is 12.9.